The molecule has 7 heteroatoms. The minimum absolute atomic E-state index is 0.277. The Balaban J connectivity index is 1.95. The van der Waals surface area contributed by atoms with Crippen LogP contribution in [0.4, 0.5) is 5.69 Å². The van der Waals surface area contributed by atoms with Gasteiger partial charge in [0.25, 0.3) is 0 Å². The largest absolute Gasteiger partial charge is 0.465 e. The number of carbonyl (C=O) groups is 1. The molecule has 172 valence electrons. The van der Waals surface area contributed by atoms with Gasteiger partial charge in [-0.2, -0.15) is 5.10 Å². The lowest BCUT2D eigenvalue weighted by Gasteiger charge is -2.41. The molecule has 3 rings (SSSR count). The summed E-state index contributed by atoms with van der Waals surface area (Å²) in [5.41, 5.74) is 3.85. The quantitative estimate of drug-likeness (QED) is 0.566. The van der Waals surface area contributed by atoms with Crippen LogP contribution < -0.4 is 4.90 Å². The predicted octanol–water partition coefficient (Wildman–Crippen LogP) is 3.64. The normalized spacial score (nSPS) is 19.2. The van der Waals surface area contributed by atoms with Crippen molar-refractivity contribution >= 4 is 22.6 Å². The van der Waals surface area contributed by atoms with Crippen molar-refractivity contribution in [1.82, 2.24) is 14.7 Å². The Kier molecular flexibility index (Phi) is 7.94. The fourth-order valence-corrected chi connectivity index (χ4v) is 5.12. The zero-order valence-corrected chi connectivity index (χ0v) is 20.0. The second-order valence-corrected chi connectivity index (χ2v) is 8.52. The fraction of sp³-hybridized carbons (Fsp3) is 0.667. The maximum absolute atomic E-state index is 12.6. The number of likely N-dealkylation sites (N-methyl/N-ethyl adjacent to an activating group) is 1. The molecule has 31 heavy (non-hydrogen) atoms. The zero-order chi connectivity index (χ0) is 22.5. The molecule has 1 saturated carbocycles. The number of rotatable bonds is 9. The van der Waals surface area contributed by atoms with E-state index >= 15 is 0 Å². The summed E-state index contributed by atoms with van der Waals surface area (Å²) in [6.45, 7) is 6.97. The maximum atomic E-state index is 12.6. The molecule has 0 saturated heterocycles. The molecule has 1 fully saturated rings. The third kappa shape index (κ3) is 4.72. The number of methoxy groups -OCH3 is 2. The van der Waals surface area contributed by atoms with Crippen molar-refractivity contribution in [2.45, 2.75) is 58.0 Å². The monoisotopic (exact) mass is 430 g/mol. The van der Waals surface area contributed by atoms with E-state index in [4.69, 9.17) is 9.47 Å². The number of esters is 1. The summed E-state index contributed by atoms with van der Waals surface area (Å²) in [6.07, 6.45) is 7.35. The van der Waals surface area contributed by atoms with Crippen LogP contribution in [0.5, 0.6) is 0 Å². The molecule has 0 bridgehead atoms. The molecule has 1 aliphatic carbocycles. The molecule has 0 amide bonds. The first kappa shape index (κ1) is 23.5. The Bertz CT molecular complexity index is 887. The van der Waals surface area contributed by atoms with Gasteiger partial charge in [-0.15, -0.1) is 0 Å². The number of aromatic nitrogens is 2. The molecule has 1 heterocycles. The number of ether oxygens (including phenoxy) is 2. The average Bonchev–Trinajstić information content (AvgIpc) is 3.17. The smallest absolute Gasteiger partial charge is 0.338 e. The lowest BCUT2D eigenvalue weighted by Crippen LogP contribution is -2.44. The van der Waals surface area contributed by atoms with Gasteiger partial charge in [-0.3, -0.25) is 4.68 Å². The maximum Gasteiger partial charge on any atom is 0.338 e. The first-order valence-electron chi connectivity index (χ1n) is 11.5. The van der Waals surface area contributed by atoms with E-state index < -0.39 is 0 Å². The van der Waals surface area contributed by atoms with Gasteiger partial charge in [0.15, 0.2) is 0 Å². The highest BCUT2D eigenvalue weighted by Crippen LogP contribution is 2.38. The van der Waals surface area contributed by atoms with E-state index in [1.165, 1.54) is 20.0 Å². The Hall–Kier alpha value is -2.12. The van der Waals surface area contributed by atoms with Crippen LogP contribution in [-0.4, -0.2) is 73.7 Å². The van der Waals surface area contributed by atoms with E-state index in [-0.39, 0.29) is 5.97 Å². The van der Waals surface area contributed by atoms with Gasteiger partial charge in [0.1, 0.15) is 0 Å². The van der Waals surface area contributed by atoms with Crippen molar-refractivity contribution in [2.24, 2.45) is 7.05 Å². The number of fused-ring (bicyclic) bond motifs is 1. The molecule has 0 atom stereocenters. The van der Waals surface area contributed by atoms with Crippen LogP contribution in [0.2, 0.25) is 0 Å². The van der Waals surface area contributed by atoms with Crippen LogP contribution in [-0.2, 0) is 22.9 Å². The number of aryl methyl sites for hydroxylation is 1. The topological polar surface area (TPSA) is 59.8 Å². The summed E-state index contributed by atoms with van der Waals surface area (Å²) in [7, 11) is 7.34. The summed E-state index contributed by atoms with van der Waals surface area (Å²) < 4.78 is 12.2. The second-order valence-electron chi connectivity index (χ2n) is 8.52. The minimum atomic E-state index is -0.277. The van der Waals surface area contributed by atoms with E-state index in [0.717, 1.165) is 61.1 Å². The number of hydrogen-bond acceptors (Lipinski definition) is 6. The van der Waals surface area contributed by atoms with Crippen LogP contribution in [0.25, 0.3) is 10.9 Å². The Morgan fingerprint density at radius 1 is 1.19 bits per heavy atom. The van der Waals surface area contributed by atoms with Crippen LogP contribution in [0.1, 0.15) is 55.5 Å². The molecule has 0 radical (unpaired) electrons. The summed E-state index contributed by atoms with van der Waals surface area (Å²) in [5.74, 6) is -0.277. The van der Waals surface area contributed by atoms with Crippen molar-refractivity contribution in [3.63, 3.8) is 0 Å². The second kappa shape index (κ2) is 10.5. The third-order valence-corrected chi connectivity index (χ3v) is 6.90. The Labute approximate surface area is 186 Å². The first-order chi connectivity index (χ1) is 15.0. The van der Waals surface area contributed by atoms with Crippen molar-refractivity contribution in [2.75, 3.05) is 45.9 Å². The Morgan fingerprint density at radius 3 is 2.45 bits per heavy atom. The number of hydrogen-bond donors (Lipinski definition) is 0. The van der Waals surface area contributed by atoms with E-state index in [2.05, 4.69) is 35.8 Å². The summed E-state index contributed by atoms with van der Waals surface area (Å²) in [4.78, 5) is 17.6. The standard InChI is InChI=1S/C24H38N4O3/c1-7-19-20(24(29)31-6)15-22-21(16-25-27(22)4)23(19)28(8-2)18-11-9-17(10-12-18)26(3)13-14-30-5/h15-18H,7-14H2,1-6H3. The summed E-state index contributed by atoms with van der Waals surface area (Å²) in [6, 6.07) is 3.00. The molecule has 1 aliphatic rings. The van der Waals surface area contributed by atoms with E-state index in [1.807, 2.05) is 24.0 Å². The molecular weight excluding hydrogens is 392 g/mol. The van der Waals surface area contributed by atoms with E-state index in [9.17, 15) is 4.79 Å². The van der Waals surface area contributed by atoms with Crippen LogP contribution in [0, 0.1) is 0 Å². The van der Waals surface area contributed by atoms with Crippen LogP contribution in [0.15, 0.2) is 12.3 Å². The van der Waals surface area contributed by atoms with Crippen molar-refractivity contribution in [3.8, 4) is 0 Å². The molecular formula is C24H38N4O3. The van der Waals surface area contributed by atoms with Crippen LogP contribution in [0.3, 0.4) is 0 Å². The first-order valence-corrected chi connectivity index (χ1v) is 11.5. The summed E-state index contributed by atoms with van der Waals surface area (Å²) >= 11 is 0. The van der Waals surface area contributed by atoms with Crippen molar-refractivity contribution in [1.29, 1.82) is 0 Å². The predicted molar refractivity (Wildman–Crippen MR) is 125 cm³/mol. The van der Waals surface area contributed by atoms with Gasteiger partial charge < -0.3 is 19.3 Å². The average molecular weight is 431 g/mol. The van der Waals surface area contributed by atoms with Crippen molar-refractivity contribution in [3.05, 3.63) is 23.4 Å². The summed E-state index contributed by atoms with van der Waals surface area (Å²) in [5, 5.41) is 5.62. The lowest BCUT2D eigenvalue weighted by molar-refractivity contribution is 0.0599. The number of benzene rings is 1. The number of anilines is 1. The van der Waals surface area contributed by atoms with E-state index in [0.29, 0.717) is 17.6 Å². The molecule has 0 N–H and O–H groups in total. The van der Waals surface area contributed by atoms with Gasteiger partial charge >= 0.3 is 5.97 Å². The molecule has 2 aromatic rings. The number of nitrogens with zero attached hydrogens (tertiary/aromatic N) is 4. The highest BCUT2D eigenvalue weighted by atomic mass is 16.5. The highest BCUT2D eigenvalue weighted by Gasteiger charge is 2.31. The van der Waals surface area contributed by atoms with Gasteiger partial charge in [-0.1, -0.05) is 6.92 Å². The molecule has 0 aliphatic heterocycles. The Morgan fingerprint density at radius 2 is 1.87 bits per heavy atom. The third-order valence-electron chi connectivity index (χ3n) is 6.90. The number of carbonyl (C=O) groups excluding carboxylic acids is 1. The van der Waals surface area contributed by atoms with Crippen LogP contribution >= 0.6 is 0 Å². The van der Waals surface area contributed by atoms with Gasteiger partial charge in [-0.05, 0) is 57.7 Å². The minimum Gasteiger partial charge on any atom is -0.465 e. The van der Waals surface area contributed by atoms with Gasteiger partial charge in [0.2, 0.25) is 0 Å². The van der Waals surface area contributed by atoms with E-state index in [1.54, 1.807) is 7.11 Å². The van der Waals surface area contributed by atoms with Gasteiger partial charge in [-0.25, -0.2) is 4.79 Å². The molecule has 0 spiro atoms. The molecule has 1 aromatic heterocycles. The lowest BCUT2D eigenvalue weighted by atomic mass is 9.88. The fourth-order valence-electron chi connectivity index (χ4n) is 5.12. The molecule has 0 unspecified atom stereocenters. The molecule has 1 aromatic carbocycles. The molecule has 7 nitrogen and oxygen atoms in total. The SMILES string of the molecule is CCc1c(C(=O)OC)cc2c(cnn2C)c1N(CC)C1CCC(N(C)CCOC)CC1. The highest BCUT2D eigenvalue weighted by molar-refractivity contribution is 6.03. The van der Waals surface area contributed by atoms with Crippen molar-refractivity contribution < 1.29 is 14.3 Å². The van der Waals surface area contributed by atoms with Gasteiger partial charge in [0, 0.05) is 44.7 Å². The van der Waals surface area contributed by atoms with Gasteiger partial charge in [0.05, 0.1) is 36.7 Å². The zero-order valence-electron chi connectivity index (χ0n) is 20.0.